The highest BCUT2D eigenvalue weighted by Gasteiger charge is 2.27. The summed E-state index contributed by atoms with van der Waals surface area (Å²) in [7, 11) is 0. The molecule has 0 bridgehead atoms. The van der Waals surface area contributed by atoms with Crippen LogP contribution >= 0.6 is 0 Å². The van der Waals surface area contributed by atoms with E-state index in [1.54, 1.807) is 0 Å². The Morgan fingerprint density at radius 3 is 2.38 bits per heavy atom. The Morgan fingerprint density at radius 1 is 1.00 bits per heavy atom. The first-order valence-corrected chi connectivity index (χ1v) is 8.07. The molecule has 1 aromatic heterocycles. The molecule has 0 saturated carbocycles. The summed E-state index contributed by atoms with van der Waals surface area (Å²) in [6.07, 6.45) is 5.70. The second kappa shape index (κ2) is 7.58. The van der Waals surface area contributed by atoms with Crippen LogP contribution in [0.15, 0.2) is 36.7 Å². The van der Waals surface area contributed by atoms with E-state index < -0.39 is 4.92 Å². The van der Waals surface area contributed by atoms with E-state index >= 15 is 0 Å². The summed E-state index contributed by atoms with van der Waals surface area (Å²) in [5, 5.41) is 11.6. The van der Waals surface area contributed by atoms with Crippen LogP contribution in [0.5, 0.6) is 0 Å². The van der Waals surface area contributed by atoms with Gasteiger partial charge < -0.3 is 4.90 Å². The fraction of sp³-hybridized carbons (Fsp3) is 0.375. The van der Waals surface area contributed by atoms with Crippen LogP contribution in [0.25, 0.3) is 0 Å². The van der Waals surface area contributed by atoms with Gasteiger partial charge in [-0.2, -0.15) is 0 Å². The van der Waals surface area contributed by atoms with Crippen LogP contribution in [0.4, 0.5) is 23.0 Å². The van der Waals surface area contributed by atoms with Crippen molar-refractivity contribution in [2.75, 3.05) is 28.8 Å². The summed E-state index contributed by atoms with van der Waals surface area (Å²) in [5.41, 5.74) is 6.47. The zero-order chi connectivity index (χ0) is 16.8. The highest BCUT2D eigenvalue weighted by atomic mass is 16.6. The Balaban J connectivity index is 1.86. The Hall–Kier alpha value is -2.90. The van der Waals surface area contributed by atoms with Crippen molar-refractivity contribution in [1.29, 1.82) is 0 Å². The second-order valence-electron chi connectivity index (χ2n) is 5.67. The van der Waals surface area contributed by atoms with Gasteiger partial charge in [0.1, 0.15) is 6.33 Å². The smallest absolute Gasteiger partial charge is 0.351 e. The van der Waals surface area contributed by atoms with Crippen molar-refractivity contribution in [2.45, 2.75) is 25.7 Å². The van der Waals surface area contributed by atoms with E-state index in [0.29, 0.717) is 5.82 Å². The van der Waals surface area contributed by atoms with Gasteiger partial charge in [-0.3, -0.25) is 21.0 Å². The standard InChI is InChI=1S/C16H20N6O2/c23-22(24)14-15(20-19-13-8-4-3-5-9-13)17-12-18-16(14)21-10-6-1-2-7-11-21/h3-5,8-9,12,19H,1-2,6-7,10-11H2,(H,17,18,20). The lowest BCUT2D eigenvalue weighted by atomic mass is 10.2. The molecular formula is C16H20N6O2. The number of nitrogens with zero attached hydrogens (tertiary/aromatic N) is 4. The quantitative estimate of drug-likeness (QED) is 0.642. The number of nitrogens with one attached hydrogen (secondary N) is 2. The van der Waals surface area contributed by atoms with Crippen LogP contribution in [-0.4, -0.2) is 28.0 Å². The van der Waals surface area contributed by atoms with Gasteiger partial charge in [-0.05, 0) is 25.0 Å². The summed E-state index contributed by atoms with van der Waals surface area (Å²) in [5.74, 6) is 0.548. The molecule has 126 valence electrons. The molecule has 3 rings (SSSR count). The molecule has 2 heterocycles. The average Bonchev–Trinajstić information content (AvgIpc) is 2.89. The minimum Gasteiger partial charge on any atom is -0.351 e. The van der Waals surface area contributed by atoms with Crippen molar-refractivity contribution in [1.82, 2.24) is 9.97 Å². The van der Waals surface area contributed by atoms with Crippen molar-refractivity contribution in [3.8, 4) is 0 Å². The van der Waals surface area contributed by atoms with Crippen LogP contribution in [-0.2, 0) is 0 Å². The lowest BCUT2D eigenvalue weighted by Crippen LogP contribution is -2.26. The van der Waals surface area contributed by atoms with Crippen molar-refractivity contribution in [2.24, 2.45) is 0 Å². The summed E-state index contributed by atoms with van der Waals surface area (Å²) in [4.78, 5) is 21.4. The van der Waals surface area contributed by atoms with Crippen molar-refractivity contribution < 1.29 is 4.92 Å². The summed E-state index contributed by atoms with van der Waals surface area (Å²) in [6, 6.07) is 9.36. The number of hydrogen-bond acceptors (Lipinski definition) is 7. The van der Waals surface area contributed by atoms with Gasteiger partial charge >= 0.3 is 5.69 Å². The highest BCUT2D eigenvalue weighted by molar-refractivity contribution is 5.71. The van der Waals surface area contributed by atoms with Gasteiger partial charge in [0, 0.05) is 13.1 Å². The van der Waals surface area contributed by atoms with Crippen LogP contribution in [0.3, 0.4) is 0 Å². The van der Waals surface area contributed by atoms with Gasteiger partial charge in [0.25, 0.3) is 0 Å². The first-order valence-electron chi connectivity index (χ1n) is 8.07. The lowest BCUT2D eigenvalue weighted by molar-refractivity contribution is -0.383. The van der Waals surface area contributed by atoms with Crippen LogP contribution < -0.4 is 15.8 Å². The molecule has 1 saturated heterocycles. The predicted molar refractivity (Wildman–Crippen MR) is 93.1 cm³/mol. The number of nitro groups is 1. The molecule has 8 heteroatoms. The van der Waals surface area contributed by atoms with Gasteiger partial charge in [-0.25, -0.2) is 9.97 Å². The van der Waals surface area contributed by atoms with Gasteiger partial charge in [0.05, 0.1) is 10.6 Å². The van der Waals surface area contributed by atoms with E-state index in [-0.39, 0.29) is 11.5 Å². The summed E-state index contributed by atoms with van der Waals surface area (Å²) < 4.78 is 0. The normalized spacial score (nSPS) is 14.8. The Morgan fingerprint density at radius 2 is 1.71 bits per heavy atom. The zero-order valence-electron chi connectivity index (χ0n) is 13.3. The minimum absolute atomic E-state index is 0.0946. The number of benzene rings is 1. The molecule has 1 fully saturated rings. The third kappa shape index (κ3) is 3.70. The van der Waals surface area contributed by atoms with Gasteiger partial charge in [-0.15, -0.1) is 0 Å². The van der Waals surface area contributed by atoms with Gasteiger partial charge in [0.2, 0.25) is 11.6 Å². The van der Waals surface area contributed by atoms with E-state index in [1.807, 2.05) is 35.2 Å². The maximum atomic E-state index is 11.6. The largest absolute Gasteiger partial charge is 0.355 e. The molecule has 1 aliphatic rings. The number of rotatable bonds is 5. The fourth-order valence-corrected chi connectivity index (χ4v) is 2.80. The number of hydrazine groups is 1. The van der Waals surface area contributed by atoms with E-state index in [9.17, 15) is 10.1 Å². The van der Waals surface area contributed by atoms with Crippen molar-refractivity contribution in [3.05, 3.63) is 46.8 Å². The van der Waals surface area contributed by atoms with Crippen LogP contribution in [0.1, 0.15) is 25.7 Å². The van der Waals surface area contributed by atoms with Crippen LogP contribution in [0.2, 0.25) is 0 Å². The third-order valence-electron chi connectivity index (χ3n) is 3.99. The predicted octanol–water partition coefficient (Wildman–Crippen LogP) is 3.20. The number of aromatic nitrogens is 2. The monoisotopic (exact) mass is 328 g/mol. The molecule has 0 radical (unpaired) electrons. The lowest BCUT2D eigenvalue weighted by Gasteiger charge is -2.21. The van der Waals surface area contributed by atoms with Crippen LogP contribution in [0, 0.1) is 10.1 Å². The van der Waals surface area contributed by atoms with Gasteiger partial charge in [0.15, 0.2) is 0 Å². The number of anilines is 3. The molecule has 8 nitrogen and oxygen atoms in total. The summed E-state index contributed by atoms with van der Waals surface area (Å²) in [6.45, 7) is 1.56. The first kappa shape index (κ1) is 16.0. The second-order valence-corrected chi connectivity index (χ2v) is 5.67. The summed E-state index contributed by atoms with van der Waals surface area (Å²) >= 11 is 0. The number of hydrogen-bond donors (Lipinski definition) is 2. The molecule has 0 amide bonds. The molecule has 1 aromatic carbocycles. The molecule has 2 N–H and O–H groups in total. The molecule has 24 heavy (non-hydrogen) atoms. The third-order valence-corrected chi connectivity index (χ3v) is 3.99. The van der Waals surface area contributed by atoms with Crippen molar-refractivity contribution in [3.63, 3.8) is 0 Å². The van der Waals surface area contributed by atoms with Crippen molar-refractivity contribution >= 4 is 23.0 Å². The minimum atomic E-state index is -0.421. The average molecular weight is 328 g/mol. The number of para-hydroxylation sites is 1. The Kier molecular flexibility index (Phi) is 5.05. The first-order chi connectivity index (χ1) is 11.8. The molecule has 0 spiro atoms. The SMILES string of the molecule is O=[N+]([O-])c1c(NNc2ccccc2)ncnc1N1CCCCCC1. The maximum absolute atomic E-state index is 11.6. The molecule has 1 aliphatic heterocycles. The molecule has 0 unspecified atom stereocenters. The van der Waals surface area contributed by atoms with Gasteiger partial charge in [-0.1, -0.05) is 31.0 Å². The zero-order valence-corrected chi connectivity index (χ0v) is 13.3. The maximum Gasteiger partial charge on any atom is 0.355 e. The topological polar surface area (TPSA) is 96.2 Å². The molecular weight excluding hydrogens is 308 g/mol. The van der Waals surface area contributed by atoms with E-state index in [4.69, 9.17) is 0 Å². The van der Waals surface area contributed by atoms with E-state index in [2.05, 4.69) is 20.8 Å². The Bertz CT molecular complexity index is 686. The van der Waals surface area contributed by atoms with E-state index in [0.717, 1.165) is 44.5 Å². The molecule has 0 atom stereocenters. The Labute approximate surface area is 140 Å². The van der Waals surface area contributed by atoms with E-state index in [1.165, 1.54) is 6.33 Å². The molecule has 2 aromatic rings. The molecule has 0 aliphatic carbocycles. The fourth-order valence-electron chi connectivity index (χ4n) is 2.80. The highest BCUT2D eigenvalue weighted by Crippen LogP contribution is 2.32.